The van der Waals surface area contributed by atoms with E-state index in [1.807, 2.05) is 30.3 Å². The van der Waals surface area contributed by atoms with Crippen LogP contribution in [0.4, 0.5) is 17.1 Å². The first-order chi connectivity index (χ1) is 9.56. The van der Waals surface area contributed by atoms with Crippen molar-refractivity contribution >= 4 is 40.2 Å². The molecule has 0 aliphatic rings. The number of pyridine rings is 1. The average molecular weight is 286 g/mol. The van der Waals surface area contributed by atoms with E-state index in [0.717, 1.165) is 11.4 Å². The molecule has 20 heavy (non-hydrogen) atoms. The molecule has 2 rings (SSSR count). The van der Waals surface area contributed by atoms with Crippen LogP contribution in [0.5, 0.6) is 0 Å². The van der Waals surface area contributed by atoms with Crippen LogP contribution in [0.25, 0.3) is 0 Å². The van der Waals surface area contributed by atoms with Crippen LogP contribution in [0, 0.1) is 0 Å². The molecule has 0 saturated heterocycles. The van der Waals surface area contributed by atoms with Gasteiger partial charge in [0, 0.05) is 24.5 Å². The van der Waals surface area contributed by atoms with Crippen LogP contribution in [-0.4, -0.2) is 15.9 Å². The Bertz CT molecular complexity index is 657. The van der Waals surface area contributed by atoms with Crippen molar-refractivity contribution in [2.75, 3.05) is 10.6 Å². The fourth-order valence-electron chi connectivity index (χ4n) is 1.74. The number of aromatic nitrogens is 1. The zero-order valence-corrected chi connectivity index (χ0v) is 11.7. The number of nitrogens with one attached hydrogen (secondary N) is 2. The first kappa shape index (κ1) is 14.0. The number of benzene rings is 1. The van der Waals surface area contributed by atoms with Crippen molar-refractivity contribution in [3.05, 3.63) is 48.3 Å². The summed E-state index contributed by atoms with van der Waals surface area (Å²) in [5.41, 5.74) is 8.41. The third-order valence-corrected chi connectivity index (χ3v) is 2.70. The fraction of sp³-hybridized carbons (Fsp3) is 0.0714. The highest BCUT2D eigenvalue weighted by Gasteiger charge is 2.06. The van der Waals surface area contributed by atoms with Crippen molar-refractivity contribution in [2.24, 2.45) is 5.73 Å². The van der Waals surface area contributed by atoms with Gasteiger partial charge in [-0.15, -0.1) is 0 Å². The van der Waals surface area contributed by atoms with Gasteiger partial charge in [-0.05, 0) is 30.3 Å². The van der Waals surface area contributed by atoms with Crippen LogP contribution in [0.3, 0.4) is 0 Å². The lowest BCUT2D eigenvalue weighted by molar-refractivity contribution is -0.114. The van der Waals surface area contributed by atoms with E-state index in [-0.39, 0.29) is 10.9 Å². The minimum atomic E-state index is -0.118. The van der Waals surface area contributed by atoms with Crippen LogP contribution in [0.15, 0.2) is 42.6 Å². The first-order valence-corrected chi connectivity index (χ1v) is 6.36. The number of amides is 1. The Morgan fingerprint density at radius 3 is 2.70 bits per heavy atom. The lowest BCUT2D eigenvalue weighted by Gasteiger charge is -2.11. The predicted molar refractivity (Wildman–Crippen MR) is 84.2 cm³/mol. The molecule has 102 valence electrons. The molecular weight excluding hydrogens is 272 g/mol. The second-order valence-corrected chi connectivity index (χ2v) is 4.59. The van der Waals surface area contributed by atoms with Crippen LogP contribution in [0.1, 0.15) is 12.6 Å². The Hall–Kier alpha value is -2.47. The van der Waals surface area contributed by atoms with E-state index >= 15 is 0 Å². The highest BCUT2D eigenvalue weighted by atomic mass is 32.1. The van der Waals surface area contributed by atoms with Crippen molar-refractivity contribution in [1.82, 2.24) is 4.98 Å². The SMILES string of the molecule is CC(=O)Nc1cccc(Nc2cccnc2C(N)=S)c1. The molecule has 2 aromatic rings. The van der Waals surface area contributed by atoms with Crippen LogP contribution >= 0.6 is 12.2 Å². The molecular formula is C14H14N4OS. The van der Waals surface area contributed by atoms with Crippen LogP contribution < -0.4 is 16.4 Å². The maximum atomic E-state index is 11.1. The van der Waals surface area contributed by atoms with Crippen molar-refractivity contribution in [1.29, 1.82) is 0 Å². The van der Waals surface area contributed by atoms with Gasteiger partial charge >= 0.3 is 0 Å². The summed E-state index contributed by atoms with van der Waals surface area (Å²) in [7, 11) is 0. The van der Waals surface area contributed by atoms with Gasteiger partial charge < -0.3 is 16.4 Å². The third-order valence-electron chi connectivity index (χ3n) is 2.50. The molecule has 1 heterocycles. The summed E-state index contributed by atoms with van der Waals surface area (Å²) in [6.07, 6.45) is 1.63. The summed E-state index contributed by atoms with van der Waals surface area (Å²) in [5, 5.41) is 5.91. The number of hydrogen-bond donors (Lipinski definition) is 3. The Morgan fingerprint density at radius 2 is 2.00 bits per heavy atom. The summed E-state index contributed by atoms with van der Waals surface area (Å²) < 4.78 is 0. The smallest absolute Gasteiger partial charge is 0.221 e. The van der Waals surface area contributed by atoms with E-state index in [1.54, 1.807) is 12.3 Å². The third kappa shape index (κ3) is 3.52. The van der Waals surface area contributed by atoms with Crippen molar-refractivity contribution < 1.29 is 4.79 Å². The molecule has 4 N–H and O–H groups in total. The Balaban J connectivity index is 2.26. The van der Waals surface area contributed by atoms with Gasteiger partial charge in [0.25, 0.3) is 0 Å². The van der Waals surface area contributed by atoms with Gasteiger partial charge in [0.1, 0.15) is 10.7 Å². The number of nitrogens with zero attached hydrogens (tertiary/aromatic N) is 1. The number of hydrogen-bond acceptors (Lipinski definition) is 4. The zero-order valence-electron chi connectivity index (χ0n) is 10.9. The van der Waals surface area contributed by atoms with Gasteiger partial charge in [0.15, 0.2) is 0 Å². The maximum absolute atomic E-state index is 11.1. The number of rotatable bonds is 4. The summed E-state index contributed by atoms with van der Waals surface area (Å²) >= 11 is 4.97. The van der Waals surface area contributed by atoms with Gasteiger partial charge in [-0.1, -0.05) is 18.3 Å². The molecule has 0 radical (unpaired) electrons. The van der Waals surface area contributed by atoms with Crippen molar-refractivity contribution in [2.45, 2.75) is 6.92 Å². The predicted octanol–water partition coefficient (Wildman–Crippen LogP) is 2.42. The molecule has 0 aliphatic heterocycles. The Labute approximate surface area is 122 Å². The first-order valence-electron chi connectivity index (χ1n) is 5.96. The minimum absolute atomic E-state index is 0.118. The number of nitrogens with two attached hydrogens (primary N) is 1. The molecule has 1 amide bonds. The topological polar surface area (TPSA) is 80.0 Å². The molecule has 6 heteroatoms. The van der Waals surface area contributed by atoms with E-state index in [1.165, 1.54) is 6.92 Å². The summed E-state index contributed by atoms with van der Waals surface area (Å²) in [5.74, 6) is -0.118. The summed E-state index contributed by atoms with van der Waals surface area (Å²) in [4.78, 5) is 15.4. The van der Waals surface area contributed by atoms with E-state index in [0.29, 0.717) is 11.4 Å². The number of carbonyl (C=O) groups is 1. The summed E-state index contributed by atoms with van der Waals surface area (Å²) in [6.45, 7) is 1.46. The minimum Gasteiger partial charge on any atom is -0.388 e. The van der Waals surface area contributed by atoms with Crippen molar-refractivity contribution in [3.8, 4) is 0 Å². The van der Waals surface area contributed by atoms with Crippen LogP contribution in [-0.2, 0) is 4.79 Å². The number of anilines is 3. The second-order valence-electron chi connectivity index (χ2n) is 4.15. The maximum Gasteiger partial charge on any atom is 0.221 e. The fourth-order valence-corrected chi connectivity index (χ4v) is 1.90. The average Bonchev–Trinajstić information content (AvgIpc) is 2.38. The van der Waals surface area contributed by atoms with E-state index in [9.17, 15) is 4.79 Å². The molecule has 1 aromatic heterocycles. The normalized spacial score (nSPS) is 9.85. The molecule has 0 fully saturated rings. The van der Waals surface area contributed by atoms with E-state index in [2.05, 4.69) is 15.6 Å². The van der Waals surface area contributed by atoms with Gasteiger partial charge in [-0.25, -0.2) is 0 Å². The standard InChI is InChI=1S/C14H14N4OS/c1-9(19)17-10-4-2-5-11(8-10)18-12-6-3-7-16-13(12)14(15)20/h2-8,18H,1H3,(H2,15,20)(H,17,19). The molecule has 0 aliphatic carbocycles. The molecule has 0 saturated carbocycles. The number of thiocarbonyl (C=S) groups is 1. The Morgan fingerprint density at radius 1 is 1.25 bits per heavy atom. The molecule has 0 bridgehead atoms. The van der Waals surface area contributed by atoms with E-state index in [4.69, 9.17) is 18.0 Å². The lowest BCUT2D eigenvalue weighted by Crippen LogP contribution is -2.14. The summed E-state index contributed by atoms with van der Waals surface area (Å²) in [6, 6.07) is 11.0. The number of carbonyl (C=O) groups excluding carboxylic acids is 1. The largest absolute Gasteiger partial charge is 0.388 e. The van der Waals surface area contributed by atoms with Gasteiger partial charge in [0.05, 0.1) is 5.69 Å². The molecule has 0 unspecified atom stereocenters. The van der Waals surface area contributed by atoms with Gasteiger partial charge in [0.2, 0.25) is 5.91 Å². The molecule has 0 atom stereocenters. The quantitative estimate of drug-likeness (QED) is 0.752. The zero-order chi connectivity index (χ0) is 14.5. The van der Waals surface area contributed by atoms with E-state index < -0.39 is 0 Å². The van der Waals surface area contributed by atoms with Crippen LogP contribution in [0.2, 0.25) is 0 Å². The second kappa shape index (κ2) is 6.12. The van der Waals surface area contributed by atoms with Crippen molar-refractivity contribution in [3.63, 3.8) is 0 Å². The van der Waals surface area contributed by atoms with Gasteiger partial charge in [-0.2, -0.15) is 0 Å². The highest BCUT2D eigenvalue weighted by Crippen LogP contribution is 2.22. The molecule has 0 spiro atoms. The molecule has 1 aromatic carbocycles. The Kier molecular flexibility index (Phi) is 4.27. The van der Waals surface area contributed by atoms with Gasteiger partial charge in [-0.3, -0.25) is 9.78 Å². The highest BCUT2D eigenvalue weighted by molar-refractivity contribution is 7.80. The molecule has 5 nitrogen and oxygen atoms in total. The lowest BCUT2D eigenvalue weighted by atomic mass is 10.2. The monoisotopic (exact) mass is 286 g/mol.